The van der Waals surface area contributed by atoms with E-state index in [1.807, 2.05) is 42.5 Å². The minimum atomic E-state index is -0.232. The minimum absolute atomic E-state index is 0.122. The molecule has 0 unspecified atom stereocenters. The molecule has 1 aromatic heterocycles. The van der Waals surface area contributed by atoms with E-state index in [1.54, 1.807) is 7.11 Å². The third-order valence-electron chi connectivity index (χ3n) is 3.52. The van der Waals surface area contributed by atoms with Gasteiger partial charge in [0, 0.05) is 11.0 Å². The summed E-state index contributed by atoms with van der Waals surface area (Å²) in [7, 11) is 1.61. The number of fused-ring (bicyclic) bond motifs is 1. The van der Waals surface area contributed by atoms with Crippen molar-refractivity contribution in [3.8, 4) is 11.6 Å². The molecule has 2 aromatic carbocycles. The number of ether oxygens (including phenoxy) is 2. The summed E-state index contributed by atoms with van der Waals surface area (Å²) >= 11 is 3.41. The zero-order valence-electron chi connectivity index (χ0n) is 13.5. The number of carbonyl (C=O) groups excluding carboxylic acids is 1. The minimum Gasteiger partial charge on any atom is -0.497 e. The molecule has 128 valence electrons. The monoisotopic (exact) mass is 401 g/mol. The zero-order chi connectivity index (χ0) is 17.6. The van der Waals surface area contributed by atoms with E-state index in [2.05, 4.69) is 31.2 Å². The maximum absolute atomic E-state index is 12.0. The average Bonchev–Trinajstić information content (AvgIpc) is 2.64. The van der Waals surface area contributed by atoms with Gasteiger partial charge in [0.05, 0.1) is 18.0 Å². The van der Waals surface area contributed by atoms with Crippen LogP contribution in [-0.4, -0.2) is 29.6 Å². The van der Waals surface area contributed by atoms with E-state index in [4.69, 9.17) is 9.47 Å². The Labute approximate surface area is 153 Å². The second-order valence-electron chi connectivity index (χ2n) is 5.26. The highest BCUT2D eigenvalue weighted by atomic mass is 79.9. The Morgan fingerprint density at radius 2 is 2.08 bits per heavy atom. The maximum Gasteiger partial charge on any atom is 0.258 e. The number of amides is 1. The van der Waals surface area contributed by atoms with Gasteiger partial charge in [-0.3, -0.25) is 4.79 Å². The zero-order valence-corrected chi connectivity index (χ0v) is 15.1. The van der Waals surface area contributed by atoms with Crippen LogP contribution in [0.1, 0.15) is 5.56 Å². The van der Waals surface area contributed by atoms with Gasteiger partial charge < -0.3 is 14.8 Å². The van der Waals surface area contributed by atoms with Gasteiger partial charge >= 0.3 is 0 Å². The van der Waals surface area contributed by atoms with Crippen molar-refractivity contribution >= 4 is 32.7 Å². The molecule has 0 aliphatic rings. The van der Waals surface area contributed by atoms with Crippen LogP contribution in [0, 0.1) is 0 Å². The highest BCUT2D eigenvalue weighted by Gasteiger charge is 2.08. The molecular formula is C18H16BrN3O3. The van der Waals surface area contributed by atoms with Crippen LogP contribution in [-0.2, 0) is 11.3 Å². The Balaban J connectivity index is 1.60. The second kappa shape index (κ2) is 7.94. The topological polar surface area (TPSA) is 73.3 Å². The maximum atomic E-state index is 12.0. The van der Waals surface area contributed by atoms with Gasteiger partial charge in [-0.05, 0) is 35.9 Å². The van der Waals surface area contributed by atoms with Crippen LogP contribution in [0.4, 0.5) is 0 Å². The number of hydrogen-bond donors (Lipinski definition) is 1. The van der Waals surface area contributed by atoms with Crippen molar-refractivity contribution < 1.29 is 14.3 Å². The largest absolute Gasteiger partial charge is 0.497 e. The number of carbonyl (C=O) groups is 1. The van der Waals surface area contributed by atoms with Gasteiger partial charge in [-0.2, -0.15) is 0 Å². The number of nitrogens with zero attached hydrogens (tertiary/aromatic N) is 2. The van der Waals surface area contributed by atoms with E-state index in [-0.39, 0.29) is 12.5 Å². The lowest BCUT2D eigenvalue weighted by Gasteiger charge is -2.09. The fraction of sp³-hybridized carbons (Fsp3) is 0.167. The summed E-state index contributed by atoms with van der Waals surface area (Å²) in [5, 5.41) is 3.56. The summed E-state index contributed by atoms with van der Waals surface area (Å²) in [4.78, 5) is 20.3. The van der Waals surface area contributed by atoms with E-state index < -0.39 is 0 Å². The summed E-state index contributed by atoms with van der Waals surface area (Å²) in [5.74, 6) is 0.897. The van der Waals surface area contributed by atoms with Gasteiger partial charge in [0.25, 0.3) is 5.91 Å². The molecule has 25 heavy (non-hydrogen) atoms. The van der Waals surface area contributed by atoms with Gasteiger partial charge in [0.2, 0.25) is 5.88 Å². The molecule has 0 radical (unpaired) electrons. The molecule has 0 saturated heterocycles. The molecule has 1 amide bonds. The number of halogens is 1. The van der Waals surface area contributed by atoms with Crippen molar-refractivity contribution in [2.75, 3.05) is 13.7 Å². The van der Waals surface area contributed by atoms with E-state index in [1.165, 1.54) is 6.33 Å². The molecule has 0 spiro atoms. The first kappa shape index (κ1) is 17.2. The fourth-order valence-corrected chi connectivity index (χ4v) is 2.65. The lowest BCUT2D eigenvalue weighted by Crippen LogP contribution is -2.28. The Morgan fingerprint density at radius 1 is 1.20 bits per heavy atom. The quantitative estimate of drug-likeness (QED) is 0.686. The molecule has 7 heteroatoms. The summed E-state index contributed by atoms with van der Waals surface area (Å²) < 4.78 is 11.6. The highest BCUT2D eigenvalue weighted by molar-refractivity contribution is 9.10. The van der Waals surface area contributed by atoms with Crippen LogP contribution in [0.5, 0.6) is 11.6 Å². The van der Waals surface area contributed by atoms with Gasteiger partial charge in [0.1, 0.15) is 12.1 Å². The number of rotatable bonds is 6. The number of nitrogens with one attached hydrogen (secondary N) is 1. The summed E-state index contributed by atoms with van der Waals surface area (Å²) in [6.45, 7) is 0.276. The smallest absolute Gasteiger partial charge is 0.258 e. The van der Waals surface area contributed by atoms with Gasteiger partial charge in [-0.15, -0.1) is 0 Å². The number of hydrogen-bond acceptors (Lipinski definition) is 5. The molecule has 0 saturated carbocycles. The van der Waals surface area contributed by atoms with Gasteiger partial charge in [-0.1, -0.05) is 28.1 Å². The number of methoxy groups -OCH3 is 1. The van der Waals surface area contributed by atoms with Crippen LogP contribution >= 0.6 is 15.9 Å². The summed E-state index contributed by atoms with van der Waals surface area (Å²) in [6.07, 6.45) is 1.42. The van der Waals surface area contributed by atoms with Crippen molar-refractivity contribution in [2.45, 2.75) is 6.54 Å². The third-order valence-corrected chi connectivity index (χ3v) is 4.02. The van der Waals surface area contributed by atoms with Crippen molar-refractivity contribution in [3.05, 3.63) is 58.8 Å². The molecule has 0 bridgehead atoms. The standard InChI is InChI=1S/C18H16BrN3O3/c1-24-14-4-2-3-12(7-14)9-20-17(23)10-25-18-15-8-13(19)5-6-16(15)21-11-22-18/h2-8,11H,9-10H2,1H3,(H,20,23). The molecule has 1 heterocycles. The van der Waals surface area contributed by atoms with Crippen molar-refractivity contribution in [3.63, 3.8) is 0 Å². The van der Waals surface area contributed by atoms with Crippen LogP contribution in [0.2, 0.25) is 0 Å². The first-order valence-electron chi connectivity index (χ1n) is 7.58. The van der Waals surface area contributed by atoms with E-state index in [9.17, 15) is 4.79 Å². The SMILES string of the molecule is COc1cccc(CNC(=O)COc2ncnc3ccc(Br)cc23)c1. The number of aromatic nitrogens is 2. The predicted molar refractivity (Wildman–Crippen MR) is 97.6 cm³/mol. The average molecular weight is 402 g/mol. The molecule has 1 N–H and O–H groups in total. The second-order valence-corrected chi connectivity index (χ2v) is 6.17. The molecule has 3 rings (SSSR count). The highest BCUT2D eigenvalue weighted by Crippen LogP contribution is 2.24. The van der Waals surface area contributed by atoms with E-state index in [0.29, 0.717) is 12.4 Å². The molecule has 3 aromatic rings. The predicted octanol–water partition coefficient (Wildman–Crippen LogP) is 3.10. The van der Waals surface area contributed by atoms with Gasteiger partial charge in [0.15, 0.2) is 6.61 Å². The summed E-state index contributed by atoms with van der Waals surface area (Å²) in [6, 6.07) is 13.1. The molecule has 0 atom stereocenters. The Morgan fingerprint density at radius 3 is 2.92 bits per heavy atom. The third kappa shape index (κ3) is 4.45. The number of benzene rings is 2. The molecular weight excluding hydrogens is 386 g/mol. The van der Waals surface area contributed by atoms with E-state index in [0.717, 1.165) is 26.7 Å². The van der Waals surface area contributed by atoms with Crippen LogP contribution < -0.4 is 14.8 Å². The Kier molecular flexibility index (Phi) is 5.45. The first-order valence-corrected chi connectivity index (χ1v) is 8.37. The fourth-order valence-electron chi connectivity index (χ4n) is 2.29. The van der Waals surface area contributed by atoms with Crippen molar-refractivity contribution in [2.24, 2.45) is 0 Å². The molecule has 6 nitrogen and oxygen atoms in total. The molecule has 0 fully saturated rings. The molecule has 0 aliphatic heterocycles. The Bertz CT molecular complexity index is 902. The molecule has 0 aliphatic carbocycles. The van der Waals surface area contributed by atoms with Crippen LogP contribution in [0.15, 0.2) is 53.3 Å². The van der Waals surface area contributed by atoms with E-state index >= 15 is 0 Å². The first-order chi connectivity index (χ1) is 12.2. The summed E-state index contributed by atoms with van der Waals surface area (Å²) in [5.41, 5.74) is 1.70. The lowest BCUT2D eigenvalue weighted by molar-refractivity contribution is -0.123. The van der Waals surface area contributed by atoms with Crippen molar-refractivity contribution in [1.29, 1.82) is 0 Å². The van der Waals surface area contributed by atoms with Crippen molar-refractivity contribution in [1.82, 2.24) is 15.3 Å². The Hall–Kier alpha value is -2.67. The van der Waals surface area contributed by atoms with Gasteiger partial charge in [-0.25, -0.2) is 9.97 Å². The lowest BCUT2D eigenvalue weighted by atomic mass is 10.2. The normalized spacial score (nSPS) is 10.5. The van der Waals surface area contributed by atoms with Crippen LogP contribution in [0.3, 0.4) is 0 Å². The van der Waals surface area contributed by atoms with Crippen LogP contribution in [0.25, 0.3) is 10.9 Å².